The molecule has 6 atom stereocenters. The zero-order valence-corrected chi connectivity index (χ0v) is 20.3. The van der Waals surface area contributed by atoms with Crippen LogP contribution in [-0.2, 0) is 0 Å². The van der Waals surface area contributed by atoms with Gasteiger partial charge < -0.3 is 15.3 Å². The summed E-state index contributed by atoms with van der Waals surface area (Å²) in [5.41, 5.74) is 1.83. The molecule has 3 aliphatic carbocycles. The van der Waals surface area contributed by atoms with E-state index in [1.165, 1.54) is 43.3 Å². The average molecular weight is 429 g/mol. The normalized spacial score (nSPS) is 37.9. The molecule has 3 heteroatoms. The summed E-state index contributed by atoms with van der Waals surface area (Å²) in [5.74, 6) is 1.54. The standard InChI is InChI=1S/C28H44O3/c1-19-9-12-23(29)18-22(19)11-10-21-8-7-16-27(5)24(13-14-25(21)27)20(2)15-17-28(6,31)26(3,4)30/h10-11,15,17,20,23-25,29-31H,1,7-9,12-14,16,18H2,2-6H3/t20-,23+,24-,25?,27-,28-/m1/s1. The summed E-state index contributed by atoms with van der Waals surface area (Å²) in [6.45, 7) is 13.9. The summed E-state index contributed by atoms with van der Waals surface area (Å²) >= 11 is 0. The van der Waals surface area contributed by atoms with E-state index >= 15 is 0 Å². The molecule has 3 fully saturated rings. The van der Waals surface area contributed by atoms with Crippen LogP contribution in [0.5, 0.6) is 0 Å². The highest BCUT2D eigenvalue weighted by Gasteiger charge is 2.50. The fraction of sp³-hybridized carbons (Fsp3) is 0.714. The van der Waals surface area contributed by atoms with Crippen molar-refractivity contribution in [1.29, 1.82) is 0 Å². The fourth-order valence-corrected chi connectivity index (χ4v) is 6.22. The predicted octanol–water partition coefficient (Wildman–Crippen LogP) is 5.87. The maximum Gasteiger partial charge on any atom is 0.108 e. The van der Waals surface area contributed by atoms with Crippen LogP contribution in [0.25, 0.3) is 0 Å². The lowest BCUT2D eigenvalue weighted by atomic mass is 9.61. The van der Waals surface area contributed by atoms with E-state index < -0.39 is 11.2 Å². The first-order chi connectivity index (χ1) is 14.3. The third-order valence-corrected chi connectivity index (χ3v) is 8.82. The van der Waals surface area contributed by atoms with Crippen molar-refractivity contribution in [3.05, 3.63) is 47.6 Å². The van der Waals surface area contributed by atoms with E-state index in [4.69, 9.17) is 0 Å². The van der Waals surface area contributed by atoms with Crippen molar-refractivity contribution in [2.75, 3.05) is 0 Å². The molecule has 1 unspecified atom stereocenters. The van der Waals surface area contributed by atoms with Crippen molar-refractivity contribution in [2.45, 2.75) is 103 Å². The summed E-state index contributed by atoms with van der Waals surface area (Å²) in [4.78, 5) is 0. The van der Waals surface area contributed by atoms with Gasteiger partial charge in [-0.2, -0.15) is 0 Å². The van der Waals surface area contributed by atoms with E-state index in [-0.39, 0.29) is 11.5 Å². The Balaban J connectivity index is 1.77. The molecule has 3 N–H and O–H groups in total. The lowest BCUT2D eigenvalue weighted by Gasteiger charge is -2.44. The highest BCUT2D eigenvalue weighted by molar-refractivity contribution is 5.36. The van der Waals surface area contributed by atoms with Crippen LogP contribution < -0.4 is 0 Å². The van der Waals surface area contributed by atoms with Crippen molar-refractivity contribution in [2.24, 2.45) is 23.2 Å². The van der Waals surface area contributed by atoms with E-state index in [0.717, 1.165) is 19.3 Å². The zero-order chi connectivity index (χ0) is 23.0. The Morgan fingerprint density at radius 2 is 1.81 bits per heavy atom. The van der Waals surface area contributed by atoms with Gasteiger partial charge in [0, 0.05) is 0 Å². The maximum atomic E-state index is 10.6. The second-order valence-electron chi connectivity index (χ2n) is 11.5. The fourth-order valence-electron chi connectivity index (χ4n) is 6.22. The van der Waals surface area contributed by atoms with Crippen LogP contribution in [0, 0.1) is 23.2 Å². The molecule has 0 aromatic rings. The SMILES string of the molecule is C=C1CC[C@H](O)CC1=CC=C1CCC[C@@]2(C)C1CC[C@@H]2[C@H](C)C=C[C@@](C)(O)C(C)(C)O. The van der Waals surface area contributed by atoms with Gasteiger partial charge >= 0.3 is 0 Å². The topological polar surface area (TPSA) is 60.7 Å². The molecule has 174 valence electrons. The Hall–Kier alpha value is -1.16. The molecule has 3 saturated carbocycles. The molecule has 0 amide bonds. The molecule has 0 aromatic heterocycles. The molecule has 0 bridgehead atoms. The van der Waals surface area contributed by atoms with Crippen molar-refractivity contribution >= 4 is 0 Å². The van der Waals surface area contributed by atoms with Crippen LogP contribution >= 0.6 is 0 Å². The van der Waals surface area contributed by atoms with Crippen molar-refractivity contribution in [3.63, 3.8) is 0 Å². The number of fused-ring (bicyclic) bond motifs is 1. The molecule has 3 rings (SSSR count). The van der Waals surface area contributed by atoms with Gasteiger partial charge in [-0.1, -0.05) is 55.9 Å². The van der Waals surface area contributed by atoms with Gasteiger partial charge in [0.25, 0.3) is 0 Å². The summed E-state index contributed by atoms with van der Waals surface area (Å²) < 4.78 is 0. The van der Waals surface area contributed by atoms with E-state index in [1.54, 1.807) is 32.4 Å². The smallest absolute Gasteiger partial charge is 0.108 e. The van der Waals surface area contributed by atoms with Gasteiger partial charge in [0.2, 0.25) is 0 Å². The van der Waals surface area contributed by atoms with Gasteiger partial charge in [0.05, 0.1) is 11.7 Å². The van der Waals surface area contributed by atoms with Gasteiger partial charge in [-0.3, -0.25) is 0 Å². The lowest BCUT2D eigenvalue weighted by molar-refractivity contribution is -0.0886. The first-order valence-electron chi connectivity index (χ1n) is 12.2. The van der Waals surface area contributed by atoms with E-state index in [9.17, 15) is 15.3 Å². The second-order valence-corrected chi connectivity index (χ2v) is 11.5. The number of allylic oxidation sites excluding steroid dienone is 5. The molecule has 0 spiro atoms. The van der Waals surface area contributed by atoms with Crippen molar-refractivity contribution in [1.82, 2.24) is 0 Å². The zero-order valence-electron chi connectivity index (χ0n) is 20.3. The molecule has 0 aliphatic heterocycles. The third-order valence-electron chi connectivity index (χ3n) is 8.82. The Kier molecular flexibility index (Phi) is 7.11. The number of hydrogen-bond donors (Lipinski definition) is 3. The minimum absolute atomic E-state index is 0.226. The van der Waals surface area contributed by atoms with Crippen LogP contribution in [0.4, 0.5) is 0 Å². The van der Waals surface area contributed by atoms with Gasteiger partial charge in [-0.25, -0.2) is 0 Å². The first-order valence-corrected chi connectivity index (χ1v) is 12.2. The summed E-state index contributed by atoms with van der Waals surface area (Å²) in [6.07, 6.45) is 16.8. The summed E-state index contributed by atoms with van der Waals surface area (Å²) in [5, 5.41) is 30.9. The molecule has 0 saturated heterocycles. The number of rotatable bonds is 5. The third kappa shape index (κ3) is 5.10. The van der Waals surface area contributed by atoms with Crippen LogP contribution in [0.3, 0.4) is 0 Å². The van der Waals surface area contributed by atoms with E-state index in [1.807, 2.05) is 0 Å². The molecular weight excluding hydrogens is 384 g/mol. The molecule has 0 radical (unpaired) electrons. The monoisotopic (exact) mass is 428 g/mol. The number of aliphatic hydroxyl groups is 3. The Bertz CT molecular complexity index is 764. The highest BCUT2D eigenvalue weighted by atomic mass is 16.3. The Morgan fingerprint density at radius 1 is 1.10 bits per heavy atom. The Labute approximate surface area is 189 Å². The van der Waals surface area contributed by atoms with Crippen LogP contribution in [0.2, 0.25) is 0 Å². The van der Waals surface area contributed by atoms with E-state index in [2.05, 4.69) is 38.7 Å². The largest absolute Gasteiger partial charge is 0.393 e. The quantitative estimate of drug-likeness (QED) is 0.480. The van der Waals surface area contributed by atoms with Gasteiger partial charge in [0.1, 0.15) is 5.60 Å². The number of aliphatic hydroxyl groups excluding tert-OH is 1. The van der Waals surface area contributed by atoms with Crippen LogP contribution in [0.1, 0.15) is 86.0 Å². The second kappa shape index (κ2) is 9.00. The van der Waals surface area contributed by atoms with Gasteiger partial charge in [-0.05, 0) is 101 Å². The lowest BCUT2D eigenvalue weighted by Crippen LogP contribution is -2.46. The minimum atomic E-state index is -1.24. The molecule has 31 heavy (non-hydrogen) atoms. The maximum absolute atomic E-state index is 10.6. The van der Waals surface area contributed by atoms with Gasteiger partial charge in [0.15, 0.2) is 0 Å². The minimum Gasteiger partial charge on any atom is -0.393 e. The number of hydrogen-bond acceptors (Lipinski definition) is 3. The highest BCUT2D eigenvalue weighted by Crippen LogP contribution is 2.59. The molecular formula is C28H44O3. The van der Waals surface area contributed by atoms with Crippen molar-refractivity contribution < 1.29 is 15.3 Å². The van der Waals surface area contributed by atoms with E-state index in [0.29, 0.717) is 17.8 Å². The average Bonchev–Trinajstić information content (AvgIpc) is 3.03. The molecule has 0 aromatic carbocycles. The first kappa shape index (κ1) is 24.5. The van der Waals surface area contributed by atoms with Crippen LogP contribution in [-0.4, -0.2) is 32.6 Å². The summed E-state index contributed by atoms with van der Waals surface area (Å²) in [7, 11) is 0. The van der Waals surface area contributed by atoms with Gasteiger partial charge in [-0.15, -0.1) is 0 Å². The molecule has 3 nitrogen and oxygen atoms in total. The Morgan fingerprint density at radius 3 is 2.48 bits per heavy atom. The predicted molar refractivity (Wildman–Crippen MR) is 129 cm³/mol. The van der Waals surface area contributed by atoms with Crippen molar-refractivity contribution in [3.8, 4) is 0 Å². The molecule has 3 aliphatic rings. The van der Waals surface area contributed by atoms with Crippen LogP contribution in [0.15, 0.2) is 47.6 Å². The summed E-state index contributed by atoms with van der Waals surface area (Å²) in [6, 6.07) is 0. The molecule has 0 heterocycles.